The molecular formula is C24H26F3N3O2. The molecule has 8 heteroatoms. The third-order valence-electron chi connectivity index (χ3n) is 6.07. The number of alkyl halides is 3. The largest absolute Gasteiger partial charge is 0.416 e. The maximum absolute atomic E-state index is 12.8. The Bertz CT molecular complexity index is 981. The van der Waals surface area contributed by atoms with Crippen LogP contribution in [-0.4, -0.2) is 54.7 Å². The normalized spacial score (nSPS) is 18.5. The molecule has 1 amide bonds. The van der Waals surface area contributed by atoms with Crippen LogP contribution in [-0.2, 0) is 17.4 Å². The monoisotopic (exact) mass is 445 g/mol. The number of hydrogen-bond donors (Lipinski definition) is 2. The van der Waals surface area contributed by atoms with Crippen molar-refractivity contribution >= 4 is 23.4 Å². The van der Waals surface area contributed by atoms with Crippen LogP contribution in [0.25, 0.3) is 6.08 Å². The van der Waals surface area contributed by atoms with E-state index in [2.05, 4.69) is 21.2 Å². The summed E-state index contributed by atoms with van der Waals surface area (Å²) in [7, 11) is 0. The van der Waals surface area contributed by atoms with Gasteiger partial charge in [-0.3, -0.25) is 9.69 Å². The summed E-state index contributed by atoms with van der Waals surface area (Å²) in [4.78, 5) is 15.7. The molecule has 0 spiro atoms. The Balaban J connectivity index is 1.35. The highest BCUT2D eigenvalue weighted by Gasteiger charge is 2.30. The number of amides is 1. The highest BCUT2D eigenvalue weighted by atomic mass is 19.4. The SMILES string of the molecule is O=C1CCc2cc(C=CC(CO)N3CCN(c4ccc(C(F)(F)F)cc4)CC3)ccc2N1. The van der Waals surface area contributed by atoms with Crippen molar-refractivity contribution in [3.63, 3.8) is 0 Å². The molecule has 2 aliphatic heterocycles. The van der Waals surface area contributed by atoms with Gasteiger partial charge in [-0.1, -0.05) is 18.2 Å². The van der Waals surface area contributed by atoms with E-state index in [1.54, 1.807) is 0 Å². The van der Waals surface area contributed by atoms with E-state index in [1.165, 1.54) is 12.1 Å². The lowest BCUT2D eigenvalue weighted by molar-refractivity contribution is -0.137. The Morgan fingerprint density at radius 2 is 1.75 bits per heavy atom. The standard InChI is InChI=1S/C24H26F3N3O2/c25-24(26,27)19-4-7-20(8-5-19)29-11-13-30(14-12-29)21(16-31)6-1-17-2-9-22-18(15-17)3-10-23(32)28-22/h1-2,4-9,15,21,31H,3,10-14,16H2,(H,28,32). The molecule has 0 saturated carbocycles. The predicted octanol–water partition coefficient (Wildman–Crippen LogP) is 3.79. The minimum Gasteiger partial charge on any atom is -0.394 e. The van der Waals surface area contributed by atoms with Gasteiger partial charge in [-0.05, 0) is 53.9 Å². The second-order valence-electron chi connectivity index (χ2n) is 8.14. The number of fused-ring (bicyclic) bond motifs is 1. The van der Waals surface area contributed by atoms with Crippen LogP contribution in [0, 0.1) is 0 Å². The van der Waals surface area contributed by atoms with Crippen LogP contribution in [0.5, 0.6) is 0 Å². The summed E-state index contributed by atoms with van der Waals surface area (Å²) in [5.74, 6) is 0.0385. The number of anilines is 2. The number of carbonyl (C=O) groups is 1. The minimum atomic E-state index is -4.33. The van der Waals surface area contributed by atoms with Crippen LogP contribution in [0.3, 0.4) is 0 Å². The van der Waals surface area contributed by atoms with Gasteiger partial charge < -0.3 is 15.3 Å². The molecule has 0 aliphatic carbocycles. The van der Waals surface area contributed by atoms with E-state index in [9.17, 15) is 23.1 Å². The molecule has 0 bridgehead atoms. The molecule has 1 atom stereocenters. The van der Waals surface area contributed by atoms with Crippen molar-refractivity contribution in [2.24, 2.45) is 0 Å². The Morgan fingerprint density at radius 3 is 2.41 bits per heavy atom. The van der Waals surface area contributed by atoms with Gasteiger partial charge in [0, 0.05) is 44.0 Å². The molecule has 2 aliphatic rings. The quantitative estimate of drug-likeness (QED) is 0.736. The number of carbonyl (C=O) groups excluding carboxylic acids is 1. The Labute approximate surface area is 185 Å². The fourth-order valence-electron chi connectivity index (χ4n) is 4.20. The first-order valence-electron chi connectivity index (χ1n) is 10.7. The first kappa shape index (κ1) is 22.4. The first-order valence-corrected chi connectivity index (χ1v) is 10.7. The van der Waals surface area contributed by atoms with Crippen LogP contribution < -0.4 is 10.2 Å². The number of benzene rings is 2. The fraction of sp³-hybridized carbons (Fsp3) is 0.375. The van der Waals surface area contributed by atoms with Crippen molar-refractivity contribution in [1.82, 2.24) is 4.90 Å². The molecule has 4 rings (SSSR count). The number of nitrogens with one attached hydrogen (secondary N) is 1. The third kappa shape index (κ3) is 5.14. The third-order valence-corrected chi connectivity index (χ3v) is 6.07. The van der Waals surface area contributed by atoms with Gasteiger partial charge in [0.2, 0.25) is 5.91 Å². The molecule has 1 fully saturated rings. The number of aliphatic hydroxyl groups excluding tert-OH is 1. The number of aliphatic hydroxyl groups is 1. The second kappa shape index (κ2) is 9.34. The zero-order chi connectivity index (χ0) is 22.7. The molecule has 0 radical (unpaired) electrons. The van der Waals surface area contributed by atoms with Crippen LogP contribution in [0.2, 0.25) is 0 Å². The van der Waals surface area contributed by atoms with Crippen LogP contribution >= 0.6 is 0 Å². The van der Waals surface area contributed by atoms with Gasteiger partial charge in [-0.15, -0.1) is 0 Å². The number of halogens is 3. The van der Waals surface area contributed by atoms with Gasteiger partial charge in [-0.25, -0.2) is 0 Å². The molecule has 2 N–H and O–H groups in total. The number of nitrogens with zero attached hydrogens (tertiary/aromatic N) is 2. The van der Waals surface area contributed by atoms with E-state index >= 15 is 0 Å². The molecule has 2 aromatic carbocycles. The van der Waals surface area contributed by atoms with Crippen molar-refractivity contribution in [1.29, 1.82) is 0 Å². The summed E-state index contributed by atoms with van der Waals surface area (Å²) in [5, 5.41) is 12.8. The topological polar surface area (TPSA) is 55.8 Å². The van der Waals surface area contributed by atoms with E-state index in [-0.39, 0.29) is 18.6 Å². The van der Waals surface area contributed by atoms with E-state index in [0.29, 0.717) is 32.6 Å². The molecule has 2 heterocycles. The summed E-state index contributed by atoms with van der Waals surface area (Å²) >= 11 is 0. The van der Waals surface area contributed by atoms with E-state index in [4.69, 9.17) is 0 Å². The predicted molar refractivity (Wildman–Crippen MR) is 119 cm³/mol. The molecular weight excluding hydrogens is 419 g/mol. The van der Waals surface area contributed by atoms with Gasteiger partial charge >= 0.3 is 6.18 Å². The highest BCUT2D eigenvalue weighted by molar-refractivity contribution is 5.94. The summed E-state index contributed by atoms with van der Waals surface area (Å²) in [6.45, 7) is 2.74. The number of hydrogen-bond acceptors (Lipinski definition) is 4. The van der Waals surface area contributed by atoms with E-state index in [0.717, 1.165) is 41.1 Å². The summed E-state index contributed by atoms with van der Waals surface area (Å²) < 4.78 is 38.3. The first-order chi connectivity index (χ1) is 15.3. The minimum absolute atomic E-state index is 0.0161. The van der Waals surface area contributed by atoms with Gasteiger partial charge in [0.05, 0.1) is 18.2 Å². The van der Waals surface area contributed by atoms with Gasteiger partial charge in [0.1, 0.15) is 0 Å². The lowest BCUT2D eigenvalue weighted by Gasteiger charge is -2.39. The molecule has 1 unspecified atom stereocenters. The lowest BCUT2D eigenvalue weighted by Crippen LogP contribution is -2.50. The molecule has 1 saturated heterocycles. The maximum Gasteiger partial charge on any atom is 0.416 e. The Morgan fingerprint density at radius 1 is 1.03 bits per heavy atom. The summed E-state index contributed by atoms with van der Waals surface area (Å²) in [5.41, 5.74) is 3.11. The fourth-order valence-corrected chi connectivity index (χ4v) is 4.20. The van der Waals surface area contributed by atoms with Crippen molar-refractivity contribution in [3.05, 3.63) is 65.2 Å². The van der Waals surface area contributed by atoms with Crippen LogP contribution in [0.15, 0.2) is 48.5 Å². The average molecular weight is 445 g/mol. The van der Waals surface area contributed by atoms with E-state index in [1.807, 2.05) is 24.3 Å². The van der Waals surface area contributed by atoms with E-state index < -0.39 is 11.7 Å². The molecule has 5 nitrogen and oxygen atoms in total. The zero-order valence-electron chi connectivity index (χ0n) is 17.6. The molecule has 170 valence electrons. The van der Waals surface area contributed by atoms with Crippen molar-refractivity contribution in [3.8, 4) is 0 Å². The van der Waals surface area contributed by atoms with Crippen molar-refractivity contribution in [2.75, 3.05) is 43.0 Å². The number of aryl methyl sites for hydroxylation is 1. The Hall–Kier alpha value is -2.84. The smallest absolute Gasteiger partial charge is 0.394 e. The van der Waals surface area contributed by atoms with Gasteiger partial charge in [-0.2, -0.15) is 13.2 Å². The zero-order valence-corrected chi connectivity index (χ0v) is 17.6. The average Bonchev–Trinajstić information content (AvgIpc) is 2.79. The van der Waals surface area contributed by atoms with Crippen LogP contribution in [0.4, 0.5) is 24.5 Å². The number of piperazine rings is 1. The molecule has 2 aromatic rings. The van der Waals surface area contributed by atoms with Crippen molar-refractivity contribution < 1.29 is 23.1 Å². The maximum atomic E-state index is 12.8. The van der Waals surface area contributed by atoms with Gasteiger partial charge in [0.15, 0.2) is 0 Å². The Kier molecular flexibility index (Phi) is 6.53. The van der Waals surface area contributed by atoms with Crippen molar-refractivity contribution in [2.45, 2.75) is 25.1 Å². The molecule has 0 aromatic heterocycles. The number of rotatable bonds is 5. The highest BCUT2D eigenvalue weighted by Crippen LogP contribution is 2.31. The van der Waals surface area contributed by atoms with Gasteiger partial charge in [0.25, 0.3) is 0 Å². The molecule has 32 heavy (non-hydrogen) atoms. The van der Waals surface area contributed by atoms with Crippen LogP contribution in [0.1, 0.15) is 23.1 Å². The lowest BCUT2D eigenvalue weighted by atomic mass is 10.00. The summed E-state index contributed by atoms with van der Waals surface area (Å²) in [6.07, 6.45) is 0.849. The summed E-state index contributed by atoms with van der Waals surface area (Å²) in [6, 6.07) is 11.0. The second-order valence-corrected chi connectivity index (χ2v) is 8.14.